The monoisotopic (exact) mass is 554 g/mol. The van der Waals surface area contributed by atoms with Crippen molar-refractivity contribution in [3.05, 3.63) is 59.2 Å². The third-order valence-electron chi connectivity index (χ3n) is 5.40. The summed E-state index contributed by atoms with van der Waals surface area (Å²) in [4.78, 5) is 6.94. The molecule has 32 heavy (non-hydrogen) atoms. The number of guanidine groups is 1. The van der Waals surface area contributed by atoms with Crippen molar-refractivity contribution in [3.8, 4) is 11.5 Å². The van der Waals surface area contributed by atoms with Gasteiger partial charge in [0.15, 0.2) is 17.5 Å². The van der Waals surface area contributed by atoms with Gasteiger partial charge in [0.1, 0.15) is 0 Å². The lowest BCUT2D eigenvalue weighted by Gasteiger charge is -2.30. The van der Waals surface area contributed by atoms with E-state index in [0.717, 1.165) is 31.6 Å². The minimum atomic E-state index is -0.477. The number of halogens is 1. The summed E-state index contributed by atoms with van der Waals surface area (Å²) in [5, 5.41) is 17.1. The molecule has 0 fully saturated rings. The molecule has 8 heteroatoms. The van der Waals surface area contributed by atoms with Crippen LogP contribution in [0, 0.1) is 0 Å². The molecule has 0 spiro atoms. The maximum atomic E-state index is 10.6. The summed E-state index contributed by atoms with van der Waals surface area (Å²) < 4.78 is 10.6. The van der Waals surface area contributed by atoms with Gasteiger partial charge in [-0.15, -0.1) is 24.0 Å². The Balaban J connectivity index is 0.00000363. The molecule has 0 radical (unpaired) electrons. The smallest absolute Gasteiger partial charge is 0.191 e. The van der Waals surface area contributed by atoms with E-state index in [2.05, 4.69) is 44.8 Å². The number of ether oxygens (including phenoxy) is 2. The van der Waals surface area contributed by atoms with Crippen LogP contribution in [0.3, 0.4) is 0 Å². The predicted molar refractivity (Wildman–Crippen MR) is 139 cm³/mol. The lowest BCUT2D eigenvalue weighted by molar-refractivity contribution is 0.108. The second-order valence-corrected chi connectivity index (χ2v) is 7.67. The van der Waals surface area contributed by atoms with E-state index in [9.17, 15) is 5.11 Å². The van der Waals surface area contributed by atoms with Crippen LogP contribution in [0.25, 0.3) is 0 Å². The molecular weight excluding hydrogens is 519 g/mol. The minimum absolute atomic E-state index is 0. The van der Waals surface area contributed by atoms with Gasteiger partial charge in [-0.3, -0.25) is 4.90 Å². The number of hydrogen-bond acceptors (Lipinski definition) is 5. The minimum Gasteiger partial charge on any atom is -0.493 e. The van der Waals surface area contributed by atoms with E-state index < -0.39 is 6.10 Å². The number of benzene rings is 2. The third-order valence-corrected chi connectivity index (χ3v) is 5.40. The van der Waals surface area contributed by atoms with Crippen molar-refractivity contribution in [2.24, 2.45) is 4.99 Å². The van der Waals surface area contributed by atoms with Crippen LogP contribution in [0.1, 0.15) is 23.6 Å². The van der Waals surface area contributed by atoms with Gasteiger partial charge < -0.3 is 25.2 Å². The summed E-state index contributed by atoms with van der Waals surface area (Å²) in [5.41, 5.74) is 3.80. The average Bonchev–Trinajstić information content (AvgIpc) is 2.80. The lowest BCUT2D eigenvalue weighted by atomic mass is 10.00. The van der Waals surface area contributed by atoms with Crippen molar-refractivity contribution in [2.45, 2.75) is 32.5 Å². The number of β-amino-alcohol motifs (C(OH)–C–C–N with tert-alkyl or cyclic N) is 1. The van der Waals surface area contributed by atoms with E-state index in [1.165, 1.54) is 11.1 Å². The highest BCUT2D eigenvalue weighted by atomic mass is 127. The molecule has 2 aromatic carbocycles. The van der Waals surface area contributed by atoms with Crippen LogP contribution in [0.2, 0.25) is 0 Å². The van der Waals surface area contributed by atoms with Gasteiger partial charge in [-0.2, -0.15) is 0 Å². The summed E-state index contributed by atoms with van der Waals surface area (Å²) in [6, 6.07) is 14.3. The Morgan fingerprint density at radius 1 is 1.09 bits per heavy atom. The molecule has 3 rings (SSSR count). The SMILES string of the molecule is CCNC(=NCc1ccc(OC)c(OC)c1)NCC(O)CN1CCc2ccccc2C1.I. The zero-order chi connectivity index (χ0) is 22.1. The van der Waals surface area contributed by atoms with Crippen LogP contribution in [0.5, 0.6) is 11.5 Å². The molecule has 2 aromatic rings. The molecule has 0 aromatic heterocycles. The standard InChI is InChI=1S/C24H34N4O3.HI/c1-4-25-24(26-14-18-9-10-22(30-2)23(13-18)31-3)27-15-21(29)17-28-12-11-19-7-5-6-8-20(19)16-28;/h5-10,13,21,29H,4,11-12,14-17H2,1-3H3,(H2,25,26,27);1H. The van der Waals surface area contributed by atoms with Gasteiger partial charge in [-0.25, -0.2) is 4.99 Å². The van der Waals surface area contributed by atoms with Crippen molar-refractivity contribution in [2.75, 3.05) is 40.4 Å². The van der Waals surface area contributed by atoms with Gasteiger partial charge in [-0.1, -0.05) is 30.3 Å². The molecule has 7 nitrogen and oxygen atoms in total. The fourth-order valence-corrected chi connectivity index (χ4v) is 3.78. The van der Waals surface area contributed by atoms with Gasteiger partial charge >= 0.3 is 0 Å². The molecular formula is C24H35IN4O3. The summed E-state index contributed by atoms with van der Waals surface area (Å²) in [6.07, 6.45) is 0.557. The number of aliphatic imine (C=N–C) groups is 1. The predicted octanol–water partition coefficient (Wildman–Crippen LogP) is 2.80. The van der Waals surface area contributed by atoms with E-state index in [0.29, 0.717) is 37.1 Å². The van der Waals surface area contributed by atoms with Crippen LogP contribution in [0.15, 0.2) is 47.5 Å². The number of rotatable bonds is 9. The summed E-state index contributed by atoms with van der Waals surface area (Å²) >= 11 is 0. The quantitative estimate of drug-likeness (QED) is 0.252. The Labute approximate surface area is 208 Å². The molecule has 176 valence electrons. The molecule has 0 saturated heterocycles. The molecule has 3 N–H and O–H groups in total. The van der Waals surface area contributed by atoms with E-state index >= 15 is 0 Å². The average molecular weight is 554 g/mol. The third kappa shape index (κ3) is 7.53. The molecule has 1 aliphatic heterocycles. The topological polar surface area (TPSA) is 78.4 Å². The van der Waals surface area contributed by atoms with Crippen LogP contribution in [-0.4, -0.2) is 62.5 Å². The van der Waals surface area contributed by atoms with Gasteiger partial charge in [0.2, 0.25) is 0 Å². The van der Waals surface area contributed by atoms with Gasteiger partial charge in [0.25, 0.3) is 0 Å². The van der Waals surface area contributed by atoms with Crippen LogP contribution < -0.4 is 20.1 Å². The van der Waals surface area contributed by atoms with Crippen molar-refractivity contribution < 1.29 is 14.6 Å². The summed E-state index contributed by atoms with van der Waals surface area (Å²) in [5.74, 6) is 2.07. The van der Waals surface area contributed by atoms with Gasteiger partial charge in [0.05, 0.1) is 26.9 Å². The van der Waals surface area contributed by atoms with E-state index in [-0.39, 0.29) is 24.0 Å². The molecule has 0 aliphatic carbocycles. The Bertz CT molecular complexity index is 878. The molecule has 1 heterocycles. The summed E-state index contributed by atoms with van der Waals surface area (Å²) in [7, 11) is 3.25. The number of nitrogens with one attached hydrogen (secondary N) is 2. The highest BCUT2D eigenvalue weighted by Crippen LogP contribution is 2.27. The number of hydrogen-bond donors (Lipinski definition) is 3. The van der Waals surface area contributed by atoms with Crippen molar-refractivity contribution in [1.29, 1.82) is 0 Å². The van der Waals surface area contributed by atoms with Crippen LogP contribution in [0.4, 0.5) is 0 Å². The van der Waals surface area contributed by atoms with E-state index in [1.54, 1.807) is 14.2 Å². The second kappa shape index (κ2) is 13.5. The van der Waals surface area contributed by atoms with E-state index in [1.807, 2.05) is 25.1 Å². The van der Waals surface area contributed by atoms with Crippen molar-refractivity contribution in [1.82, 2.24) is 15.5 Å². The molecule has 0 bridgehead atoms. The first-order valence-corrected chi connectivity index (χ1v) is 10.8. The number of fused-ring (bicyclic) bond motifs is 1. The maximum Gasteiger partial charge on any atom is 0.191 e. The van der Waals surface area contributed by atoms with Gasteiger partial charge in [-0.05, 0) is 42.2 Å². The Morgan fingerprint density at radius 3 is 2.56 bits per heavy atom. The first-order chi connectivity index (χ1) is 15.1. The lowest BCUT2D eigenvalue weighted by Crippen LogP contribution is -2.45. The normalized spacial score (nSPS) is 14.7. The van der Waals surface area contributed by atoms with Crippen molar-refractivity contribution >= 4 is 29.9 Å². The van der Waals surface area contributed by atoms with Crippen LogP contribution in [-0.2, 0) is 19.5 Å². The molecule has 0 amide bonds. The first-order valence-electron chi connectivity index (χ1n) is 10.8. The second-order valence-electron chi connectivity index (χ2n) is 7.67. The molecule has 1 unspecified atom stereocenters. The Kier molecular flexibility index (Phi) is 11.1. The molecule has 1 aliphatic rings. The number of aliphatic hydroxyl groups excluding tert-OH is 1. The fourth-order valence-electron chi connectivity index (χ4n) is 3.78. The molecule has 1 atom stereocenters. The first kappa shape index (κ1) is 26.2. The largest absolute Gasteiger partial charge is 0.493 e. The Morgan fingerprint density at radius 2 is 1.84 bits per heavy atom. The van der Waals surface area contributed by atoms with Crippen molar-refractivity contribution in [3.63, 3.8) is 0 Å². The number of nitrogens with zero attached hydrogens (tertiary/aromatic N) is 2. The molecule has 0 saturated carbocycles. The van der Waals surface area contributed by atoms with E-state index in [4.69, 9.17) is 9.47 Å². The highest BCUT2D eigenvalue weighted by molar-refractivity contribution is 14.0. The zero-order valence-electron chi connectivity index (χ0n) is 19.1. The fraction of sp³-hybridized carbons (Fsp3) is 0.458. The maximum absolute atomic E-state index is 10.6. The van der Waals surface area contributed by atoms with Crippen LogP contribution >= 0.6 is 24.0 Å². The number of aliphatic hydroxyl groups is 1. The van der Waals surface area contributed by atoms with Gasteiger partial charge in [0, 0.05) is 32.7 Å². The highest BCUT2D eigenvalue weighted by Gasteiger charge is 2.18. The number of methoxy groups -OCH3 is 2. The Hall–Kier alpha value is -2.04. The zero-order valence-corrected chi connectivity index (χ0v) is 21.5. The summed E-state index contributed by atoms with van der Waals surface area (Å²) in [6.45, 7) is 6.20.